The number of carbonyl (C=O) groups is 1. The minimum absolute atomic E-state index is 0.0353. The number of hydrogen-bond acceptors (Lipinski definition) is 5. The largest absolute Gasteiger partial charge is 0.326 e. The number of fused-ring (bicyclic) bond motifs is 1. The summed E-state index contributed by atoms with van der Waals surface area (Å²) in [6.07, 6.45) is 9.35. The van der Waals surface area contributed by atoms with Gasteiger partial charge in [0, 0.05) is 29.4 Å². The molecular formula is C29H33N5O. The van der Waals surface area contributed by atoms with Gasteiger partial charge in [0.15, 0.2) is 6.29 Å². The number of nitrogens with zero attached hydrogens (tertiary/aromatic N) is 4. The smallest absolute Gasteiger partial charge is 0.152 e. The number of imidazole rings is 1. The zero-order valence-corrected chi connectivity index (χ0v) is 21.1. The van der Waals surface area contributed by atoms with Crippen LogP contribution in [-0.2, 0) is 6.54 Å². The number of nitrogens with two attached hydrogens (primary N) is 1. The molecule has 0 fully saturated rings. The van der Waals surface area contributed by atoms with Crippen molar-refractivity contribution in [2.75, 3.05) is 14.1 Å². The number of pyridine rings is 1. The molecule has 0 spiro atoms. The standard InChI is InChI=1S/C27H27N5O.C2H6/c1-5-19-8-7-9-21(17-33)26(19)32-25-14-20(22-12-10-18(15-28)16-29-22)11-13-23(25)30-27(32)24(6-2)31(3)4;1-2/h1,7-14,16-17,24H,6,15,28H2,2-4H3;1-2H3. The van der Waals surface area contributed by atoms with Crippen molar-refractivity contribution in [3.05, 3.63) is 77.2 Å². The fourth-order valence-corrected chi connectivity index (χ4v) is 4.23. The van der Waals surface area contributed by atoms with Crippen LogP contribution in [-0.4, -0.2) is 39.8 Å². The minimum atomic E-state index is 0.0353. The molecular weight excluding hydrogens is 434 g/mol. The number of terminal acetylenes is 1. The van der Waals surface area contributed by atoms with Gasteiger partial charge in [-0.1, -0.05) is 44.9 Å². The Labute approximate surface area is 207 Å². The van der Waals surface area contributed by atoms with Gasteiger partial charge in [0.05, 0.1) is 28.5 Å². The van der Waals surface area contributed by atoms with Gasteiger partial charge in [-0.2, -0.15) is 0 Å². The normalized spacial score (nSPS) is 11.6. The Morgan fingerprint density at radius 1 is 1.17 bits per heavy atom. The molecule has 1 unspecified atom stereocenters. The molecule has 2 heterocycles. The summed E-state index contributed by atoms with van der Waals surface area (Å²) in [5.74, 6) is 3.59. The first kappa shape index (κ1) is 25.8. The van der Waals surface area contributed by atoms with E-state index in [0.29, 0.717) is 23.4 Å². The van der Waals surface area contributed by atoms with Gasteiger partial charge in [0.1, 0.15) is 5.82 Å². The number of benzene rings is 2. The van der Waals surface area contributed by atoms with Crippen molar-refractivity contribution in [1.29, 1.82) is 0 Å². The Bertz CT molecular complexity index is 1350. The van der Waals surface area contributed by atoms with Crippen molar-refractivity contribution in [2.24, 2.45) is 5.73 Å². The van der Waals surface area contributed by atoms with Gasteiger partial charge in [0.25, 0.3) is 0 Å². The predicted octanol–water partition coefficient (Wildman–Crippen LogP) is 5.38. The third kappa shape index (κ3) is 5.02. The first-order valence-electron chi connectivity index (χ1n) is 11.9. The van der Waals surface area contributed by atoms with Gasteiger partial charge in [-0.3, -0.25) is 19.2 Å². The van der Waals surface area contributed by atoms with E-state index < -0.39 is 0 Å². The zero-order valence-electron chi connectivity index (χ0n) is 21.1. The van der Waals surface area contributed by atoms with Crippen LogP contribution in [0.15, 0.2) is 54.7 Å². The van der Waals surface area contributed by atoms with E-state index in [1.165, 1.54) is 0 Å². The molecule has 0 amide bonds. The summed E-state index contributed by atoms with van der Waals surface area (Å²) in [6, 6.07) is 15.5. The molecule has 2 aromatic heterocycles. The Hall–Kier alpha value is -3.79. The number of aldehydes is 1. The molecule has 4 rings (SSSR count). The first-order chi connectivity index (χ1) is 17.0. The lowest BCUT2D eigenvalue weighted by atomic mass is 10.1. The highest BCUT2D eigenvalue weighted by molar-refractivity contribution is 5.89. The summed E-state index contributed by atoms with van der Waals surface area (Å²) >= 11 is 0. The molecule has 0 bridgehead atoms. The lowest BCUT2D eigenvalue weighted by Crippen LogP contribution is -2.23. The van der Waals surface area contributed by atoms with E-state index in [1.807, 2.05) is 62.8 Å². The average molecular weight is 468 g/mol. The average Bonchev–Trinajstić information content (AvgIpc) is 3.27. The van der Waals surface area contributed by atoms with Gasteiger partial charge >= 0.3 is 0 Å². The summed E-state index contributed by atoms with van der Waals surface area (Å²) in [5, 5.41) is 0. The zero-order chi connectivity index (χ0) is 25.5. The van der Waals surface area contributed by atoms with Crippen LogP contribution in [0, 0.1) is 12.3 Å². The summed E-state index contributed by atoms with van der Waals surface area (Å²) in [5.41, 5.74) is 12.0. The van der Waals surface area contributed by atoms with Crippen molar-refractivity contribution in [3.63, 3.8) is 0 Å². The summed E-state index contributed by atoms with van der Waals surface area (Å²) in [7, 11) is 4.06. The molecule has 6 heteroatoms. The second-order valence-electron chi connectivity index (χ2n) is 8.16. The lowest BCUT2D eigenvalue weighted by Gasteiger charge is -2.24. The number of aromatic nitrogens is 3. The Morgan fingerprint density at radius 3 is 2.51 bits per heavy atom. The first-order valence-corrected chi connectivity index (χ1v) is 11.9. The minimum Gasteiger partial charge on any atom is -0.326 e. The third-order valence-electron chi connectivity index (χ3n) is 5.92. The van der Waals surface area contributed by atoms with E-state index in [-0.39, 0.29) is 6.04 Å². The van der Waals surface area contributed by atoms with Gasteiger partial charge in [-0.25, -0.2) is 4.98 Å². The molecule has 0 saturated heterocycles. The highest BCUT2D eigenvalue weighted by atomic mass is 16.1. The molecule has 0 aliphatic heterocycles. The second kappa shape index (κ2) is 11.6. The molecule has 1 atom stereocenters. The van der Waals surface area contributed by atoms with E-state index in [0.717, 1.165) is 46.4 Å². The van der Waals surface area contributed by atoms with Gasteiger partial charge in [-0.15, -0.1) is 6.42 Å². The molecule has 0 radical (unpaired) electrons. The number of hydrogen-bond donors (Lipinski definition) is 1. The Kier molecular flexibility index (Phi) is 8.53. The maximum atomic E-state index is 12.0. The van der Waals surface area contributed by atoms with Crippen LogP contribution in [0.5, 0.6) is 0 Å². The molecule has 0 aliphatic rings. The second-order valence-corrected chi connectivity index (χ2v) is 8.16. The van der Waals surface area contributed by atoms with Crippen LogP contribution < -0.4 is 5.73 Å². The monoisotopic (exact) mass is 467 g/mol. The number of para-hydroxylation sites is 1. The van der Waals surface area contributed by atoms with Gasteiger partial charge < -0.3 is 5.73 Å². The van der Waals surface area contributed by atoms with E-state index in [9.17, 15) is 4.79 Å². The van der Waals surface area contributed by atoms with Crippen LogP contribution in [0.2, 0.25) is 0 Å². The van der Waals surface area contributed by atoms with Crippen molar-refractivity contribution in [2.45, 2.75) is 39.8 Å². The van der Waals surface area contributed by atoms with Crippen LogP contribution in [0.25, 0.3) is 28.0 Å². The SMILES string of the molecule is C#Cc1cccc(C=O)c1-n1c(C(CC)N(C)C)nc2ccc(-c3ccc(CN)cn3)cc21.CC. The molecule has 2 aromatic carbocycles. The highest BCUT2D eigenvalue weighted by Crippen LogP contribution is 2.33. The molecule has 6 nitrogen and oxygen atoms in total. The molecule has 0 saturated carbocycles. The van der Waals surface area contributed by atoms with Crippen molar-refractivity contribution in [3.8, 4) is 29.3 Å². The predicted molar refractivity (Wildman–Crippen MR) is 144 cm³/mol. The number of rotatable bonds is 7. The van der Waals surface area contributed by atoms with Crippen molar-refractivity contribution in [1.82, 2.24) is 19.4 Å². The summed E-state index contributed by atoms with van der Waals surface area (Å²) < 4.78 is 2.04. The fraction of sp³-hybridized carbons (Fsp3) is 0.276. The maximum Gasteiger partial charge on any atom is 0.152 e. The highest BCUT2D eigenvalue weighted by Gasteiger charge is 2.24. The summed E-state index contributed by atoms with van der Waals surface area (Å²) in [6.45, 7) is 6.57. The molecule has 4 aromatic rings. The van der Waals surface area contributed by atoms with Gasteiger partial charge in [-0.05, 0) is 56.4 Å². The Morgan fingerprint density at radius 2 is 1.94 bits per heavy atom. The number of carbonyl (C=O) groups excluding carboxylic acids is 1. The van der Waals surface area contributed by atoms with Crippen molar-refractivity contribution < 1.29 is 4.79 Å². The molecule has 35 heavy (non-hydrogen) atoms. The topological polar surface area (TPSA) is 77.0 Å². The summed E-state index contributed by atoms with van der Waals surface area (Å²) in [4.78, 5) is 23.7. The van der Waals surface area contributed by atoms with E-state index in [1.54, 1.807) is 18.3 Å². The molecule has 2 N–H and O–H groups in total. The van der Waals surface area contributed by atoms with Crippen LogP contribution >= 0.6 is 0 Å². The quantitative estimate of drug-likeness (QED) is 0.292. The van der Waals surface area contributed by atoms with E-state index in [4.69, 9.17) is 17.1 Å². The van der Waals surface area contributed by atoms with Crippen LogP contribution in [0.3, 0.4) is 0 Å². The third-order valence-corrected chi connectivity index (χ3v) is 5.92. The maximum absolute atomic E-state index is 12.0. The van der Waals surface area contributed by atoms with Gasteiger partial charge in [0.2, 0.25) is 0 Å². The van der Waals surface area contributed by atoms with Crippen LogP contribution in [0.1, 0.15) is 60.5 Å². The van der Waals surface area contributed by atoms with E-state index >= 15 is 0 Å². The van der Waals surface area contributed by atoms with Crippen LogP contribution in [0.4, 0.5) is 0 Å². The molecule has 180 valence electrons. The lowest BCUT2D eigenvalue weighted by molar-refractivity contribution is 0.112. The van der Waals surface area contributed by atoms with Crippen molar-refractivity contribution >= 4 is 17.3 Å². The van der Waals surface area contributed by atoms with E-state index in [2.05, 4.69) is 28.8 Å². The fourth-order valence-electron chi connectivity index (χ4n) is 4.23. The molecule has 0 aliphatic carbocycles. The Balaban J connectivity index is 0.00000167.